The summed E-state index contributed by atoms with van der Waals surface area (Å²) in [6.45, 7) is 0.917. The van der Waals surface area contributed by atoms with E-state index in [0.717, 1.165) is 27.9 Å². The Kier molecular flexibility index (Phi) is 4.30. The van der Waals surface area contributed by atoms with Gasteiger partial charge in [0.15, 0.2) is 0 Å². The predicted molar refractivity (Wildman–Crippen MR) is 83.2 cm³/mol. The van der Waals surface area contributed by atoms with Crippen molar-refractivity contribution in [1.29, 1.82) is 0 Å². The number of nitrogens with zero attached hydrogens (tertiary/aromatic N) is 1. The quantitative estimate of drug-likeness (QED) is 0.710. The van der Waals surface area contributed by atoms with Crippen LogP contribution in [0.3, 0.4) is 0 Å². The molecule has 3 rings (SSSR count). The number of pyridine rings is 1. The van der Waals surface area contributed by atoms with Crippen LogP contribution in [0.2, 0.25) is 0 Å². The Balaban J connectivity index is 1.73. The van der Waals surface area contributed by atoms with E-state index in [1.807, 2.05) is 36.4 Å². The van der Waals surface area contributed by atoms with Crippen LogP contribution < -0.4 is 4.74 Å². The molecule has 0 atom stereocenters. The topological polar surface area (TPSA) is 31.4 Å². The second-order valence-corrected chi connectivity index (χ2v) is 5.01. The molecule has 0 aliphatic carbocycles. The van der Waals surface area contributed by atoms with Crippen molar-refractivity contribution in [2.45, 2.75) is 13.2 Å². The summed E-state index contributed by atoms with van der Waals surface area (Å²) in [7, 11) is 1.66. The molecule has 3 nitrogen and oxygen atoms in total. The van der Waals surface area contributed by atoms with Gasteiger partial charge in [-0.05, 0) is 42.0 Å². The number of hydrogen-bond acceptors (Lipinski definition) is 3. The van der Waals surface area contributed by atoms with Gasteiger partial charge < -0.3 is 9.47 Å². The maximum atomic E-state index is 13.1. The third-order valence-corrected chi connectivity index (χ3v) is 3.31. The van der Waals surface area contributed by atoms with Gasteiger partial charge in [-0.1, -0.05) is 18.2 Å². The van der Waals surface area contributed by atoms with Crippen LogP contribution in [0.4, 0.5) is 4.39 Å². The van der Waals surface area contributed by atoms with E-state index in [1.54, 1.807) is 13.2 Å². The third kappa shape index (κ3) is 3.40. The zero-order valence-electron chi connectivity index (χ0n) is 12.3. The molecular weight excluding hydrogens is 281 g/mol. The average molecular weight is 297 g/mol. The first-order valence-electron chi connectivity index (χ1n) is 7.00. The third-order valence-electron chi connectivity index (χ3n) is 3.31. The Labute approximate surface area is 128 Å². The highest BCUT2D eigenvalue weighted by atomic mass is 19.1. The number of methoxy groups -OCH3 is 1. The number of hydrogen-bond donors (Lipinski definition) is 0. The molecular formula is C18H16FNO2. The molecule has 0 fully saturated rings. The van der Waals surface area contributed by atoms with Crippen molar-refractivity contribution < 1.29 is 13.9 Å². The van der Waals surface area contributed by atoms with Crippen molar-refractivity contribution in [3.8, 4) is 5.75 Å². The Bertz CT molecular complexity index is 789. The summed E-state index contributed by atoms with van der Waals surface area (Å²) in [5.41, 5.74) is 2.62. The summed E-state index contributed by atoms with van der Waals surface area (Å²) < 4.78 is 24.0. The fraction of sp³-hybridized carbons (Fsp3) is 0.167. The lowest BCUT2D eigenvalue weighted by Crippen LogP contribution is -1.99. The highest BCUT2D eigenvalue weighted by Gasteiger charge is 2.02. The van der Waals surface area contributed by atoms with E-state index in [0.29, 0.717) is 13.2 Å². The van der Waals surface area contributed by atoms with Gasteiger partial charge in [-0.3, -0.25) is 0 Å². The van der Waals surface area contributed by atoms with Crippen LogP contribution in [0.15, 0.2) is 54.6 Å². The van der Waals surface area contributed by atoms with E-state index in [-0.39, 0.29) is 5.82 Å². The number of rotatable bonds is 5. The van der Waals surface area contributed by atoms with E-state index in [2.05, 4.69) is 4.98 Å². The molecule has 0 unspecified atom stereocenters. The van der Waals surface area contributed by atoms with Gasteiger partial charge in [-0.2, -0.15) is 0 Å². The van der Waals surface area contributed by atoms with Gasteiger partial charge >= 0.3 is 0 Å². The van der Waals surface area contributed by atoms with Gasteiger partial charge in [-0.15, -0.1) is 0 Å². The lowest BCUT2D eigenvalue weighted by molar-refractivity contribution is 0.184. The Morgan fingerprint density at radius 1 is 1.00 bits per heavy atom. The zero-order valence-corrected chi connectivity index (χ0v) is 12.3. The van der Waals surface area contributed by atoms with Crippen molar-refractivity contribution in [2.75, 3.05) is 7.11 Å². The average Bonchev–Trinajstić information content (AvgIpc) is 2.53. The van der Waals surface area contributed by atoms with Crippen LogP contribution in [-0.2, 0) is 18.0 Å². The molecule has 0 aliphatic rings. The van der Waals surface area contributed by atoms with Crippen molar-refractivity contribution in [2.24, 2.45) is 0 Å². The normalized spacial score (nSPS) is 10.8. The van der Waals surface area contributed by atoms with Crippen molar-refractivity contribution in [3.63, 3.8) is 0 Å². The van der Waals surface area contributed by atoms with E-state index in [9.17, 15) is 4.39 Å². The lowest BCUT2D eigenvalue weighted by atomic mass is 10.2. The molecule has 0 aliphatic heterocycles. The zero-order chi connectivity index (χ0) is 15.4. The highest BCUT2D eigenvalue weighted by molar-refractivity contribution is 5.78. The maximum absolute atomic E-state index is 13.1. The molecule has 0 bridgehead atoms. The van der Waals surface area contributed by atoms with Crippen LogP contribution >= 0.6 is 0 Å². The van der Waals surface area contributed by atoms with Gasteiger partial charge in [0.05, 0.1) is 17.8 Å². The largest absolute Gasteiger partial charge is 0.487 e. The molecule has 0 spiro atoms. The first-order chi connectivity index (χ1) is 10.7. The molecule has 0 N–H and O–H groups in total. The van der Waals surface area contributed by atoms with Crippen LogP contribution in [-0.4, -0.2) is 12.1 Å². The first-order valence-corrected chi connectivity index (χ1v) is 7.00. The number of aromatic nitrogens is 1. The van der Waals surface area contributed by atoms with Crippen LogP contribution in [0, 0.1) is 5.82 Å². The van der Waals surface area contributed by atoms with Crippen LogP contribution in [0.1, 0.15) is 11.3 Å². The molecule has 4 heteroatoms. The molecule has 112 valence electrons. The van der Waals surface area contributed by atoms with E-state index >= 15 is 0 Å². The molecule has 0 saturated carbocycles. The molecule has 2 aromatic carbocycles. The standard InChI is InChI=1S/C18H16FNO2/c1-21-11-13-3-2-4-17(9-13)22-12-16-7-5-14-10-15(19)6-8-18(14)20-16/h2-10H,11-12H2,1H3. The van der Waals surface area contributed by atoms with Crippen molar-refractivity contribution in [1.82, 2.24) is 4.98 Å². The van der Waals surface area contributed by atoms with Gasteiger partial charge in [0.2, 0.25) is 0 Å². The van der Waals surface area contributed by atoms with Gasteiger partial charge in [0, 0.05) is 12.5 Å². The van der Waals surface area contributed by atoms with E-state index < -0.39 is 0 Å². The maximum Gasteiger partial charge on any atom is 0.130 e. The fourth-order valence-electron chi connectivity index (χ4n) is 2.27. The smallest absolute Gasteiger partial charge is 0.130 e. The van der Waals surface area contributed by atoms with Gasteiger partial charge in [0.25, 0.3) is 0 Å². The molecule has 22 heavy (non-hydrogen) atoms. The predicted octanol–water partition coefficient (Wildman–Crippen LogP) is 4.10. The summed E-state index contributed by atoms with van der Waals surface area (Å²) in [6.07, 6.45) is 0. The summed E-state index contributed by atoms with van der Waals surface area (Å²) in [6, 6.07) is 16.0. The Morgan fingerprint density at radius 2 is 1.91 bits per heavy atom. The second-order valence-electron chi connectivity index (χ2n) is 5.01. The molecule has 0 amide bonds. The molecule has 0 radical (unpaired) electrons. The van der Waals surface area contributed by atoms with Gasteiger partial charge in [-0.25, -0.2) is 9.37 Å². The monoisotopic (exact) mass is 297 g/mol. The SMILES string of the molecule is COCc1cccc(OCc2ccc3cc(F)ccc3n2)c1. The minimum absolute atomic E-state index is 0.256. The van der Waals surface area contributed by atoms with E-state index in [4.69, 9.17) is 9.47 Å². The van der Waals surface area contributed by atoms with Crippen molar-refractivity contribution in [3.05, 3.63) is 71.7 Å². The first kappa shape index (κ1) is 14.5. The molecule has 0 saturated heterocycles. The molecule has 3 aromatic rings. The summed E-state index contributed by atoms with van der Waals surface area (Å²) in [5.74, 6) is 0.517. The minimum Gasteiger partial charge on any atom is -0.487 e. The minimum atomic E-state index is -0.256. The summed E-state index contributed by atoms with van der Waals surface area (Å²) in [4.78, 5) is 4.47. The number of fused-ring (bicyclic) bond motifs is 1. The number of benzene rings is 2. The van der Waals surface area contributed by atoms with E-state index in [1.165, 1.54) is 12.1 Å². The highest BCUT2D eigenvalue weighted by Crippen LogP contribution is 2.17. The van der Waals surface area contributed by atoms with Crippen LogP contribution in [0.25, 0.3) is 10.9 Å². The molecule has 1 aromatic heterocycles. The summed E-state index contributed by atoms with van der Waals surface area (Å²) >= 11 is 0. The Hall–Kier alpha value is -2.46. The fourth-order valence-corrected chi connectivity index (χ4v) is 2.27. The van der Waals surface area contributed by atoms with Crippen molar-refractivity contribution >= 4 is 10.9 Å². The number of halogens is 1. The lowest BCUT2D eigenvalue weighted by Gasteiger charge is -2.08. The van der Waals surface area contributed by atoms with Gasteiger partial charge in [0.1, 0.15) is 18.2 Å². The van der Waals surface area contributed by atoms with Crippen LogP contribution in [0.5, 0.6) is 5.75 Å². The number of ether oxygens (including phenoxy) is 2. The summed E-state index contributed by atoms with van der Waals surface area (Å²) in [5, 5.41) is 0.783. The molecule has 1 heterocycles. The second kappa shape index (κ2) is 6.54. The Morgan fingerprint density at radius 3 is 2.77 bits per heavy atom.